The second kappa shape index (κ2) is 8.43. The van der Waals surface area contributed by atoms with Crippen LogP contribution in [0.25, 0.3) is 0 Å². The van der Waals surface area contributed by atoms with E-state index in [0.29, 0.717) is 23.7 Å². The first kappa shape index (κ1) is 16.3. The number of aliphatic hydroxyl groups excluding tert-OH is 1. The van der Waals surface area contributed by atoms with Crippen molar-refractivity contribution in [2.75, 3.05) is 30.7 Å². The molecular weight excluding hydrogens is 254 g/mol. The van der Waals surface area contributed by atoms with Crippen molar-refractivity contribution in [2.24, 2.45) is 5.92 Å². The first-order valence-corrected chi connectivity index (χ1v) is 7.11. The average Bonchev–Trinajstić information content (AvgIpc) is 2.45. The van der Waals surface area contributed by atoms with Crippen molar-refractivity contribution in [1.82, 2.24) is 5.32 Å². The first-order chi connectivity index (χ1) is 9.58. The number of nitrogens with one attached hydrogen (secondary N) is 2. The summed E-state index contributed by atoms with van der Waals surface area (Å²) in [6.07, 6.45) is 1.91. The summed E-state index contributed by atoms with van der Waals surface area (Å²) in [5.74, 6) is 0.222. The predicted molar refractivity (Wildman–Crippen MR) is 82.8 cm³/mol. The van der Waals surface area contributed by atoms with Crippen molar-refractivity contribution in [1.29, 1.82) is 0 Å². The highest BCUT2D eigenvalue weighted by Crippen LogP contribution is 2.20. The molecule has 5 nitrogen and oxygen atoms in total. The molecule has 0 aromatic heterocycles. The van der Waals surface area contributed by atoms with Crippen LogP contribution in [0.2, 0.25) is 0 Å². The molecule has 1 aromatic carbocycles. The number of carbonyl (C=O) groups is 1. The molecule has 0 aliphatic heterocycles. The van der Waals surface area contributed by atoms with Gasteiger partial charge in [0.2, 0.25) is 0 Å². The number of benzene rings is 1. The number of rotatable bonds is 8. The minimum atomic E-state index is -0.0931. The predicted octanol–water partition coefficient (Wildman–Crippen LogP) is 1.84. The fourth-order valence-electron chi connectivity index (χ4n) is 1.88. The van der Waals surface area contributed by atoms with Crippen LogP contribution in [-0.2, 0) is 0 Å². The molecule has 1 aromatic rings. The molecule has 1 atom stereocenters. The standard InChI is InChI=1S/C15H25N3O2/c1-3-17-15(20)12-6-7-13(16)14(9-12)18-8-4-5-11(2)10-19/h6-7,9,11,18-19H,3-5,8,10,16H2,1-2H3,(H,17,20). The molecule has 5 N–H and O–H groups in total. The summed E-state index contributed by atoms with van der Waals surface area (Å²) in [4.78, 5) is 11.8. The van der Waals surface area contributed by atoms with Crippen LogP contribution in [0.5, 0.6) is 0 Å². The number of anilines is 2. The second-order valence-electron chi connectivity index (χ2n) is 5.02. The lowest BCUT2D eigenvalue weighted by Gasteiger charge is -2.12. The molecule has 0 aliphatic carbocycles. The minimum Gasteiger partial charge on any atom is -0.397 e. The van der Waals surface area contributed by atoms with Crippen molar-refractivity contribution in [2.45, 2.75) is 26.7 Å². The maximum atomic E-state index is 11.8. The number of hydrogen-bond acceptors (Lipinski definition) is 4. The van der Waals surface area contributed by atoms with Crippen LogP contribution in [0.15, 0.2) is 18.2 Å². The van der Waals surface area contributed by atoms with E-state index in [1.165, 1.54) is 0 Å². The normalized spacial score (nSPS) is 11.9. The lowest BCUT2D eigenvalue weighted by atomic mass is 10.1. The van der Waals surface area contributed by atoms with E-state index < -0.39 is 0 Å². The third kappa shape index (κ3) is 5.09. The van der Waals surface area contributed by atoms with Crippen molar-refractivity contribution < 1.29 is 9.90 Å². The fourth-order valence-corrected chi connectivity index (χ4v) is 1.88. The average molecular weight is 279 g/mol. The SMILES string of the molecule is CCNC(=O)c1ccc(N)c(NCCCC(C)CO)c1. The summed E-state index contributed by atoms with van der Waals surface area (Å²) in [6.45, 7) is 5.49. The molecule has 0 saturated carbocycles. The molecule has 1 unspecified atom stereocenters. The van der Waals surface area contributed by atoms with E-state index in [2.05, 4.69) is 10.6 Å². The van der Waals surface area contributed by atoms with Crippen LogP contribution < -0.4 is 16.4 Å². The Balaban J connectivity index is 2.56. The number of carbonyl (C=O) groups excluding carboxylic acids is 1. The van der Waals surface area contributed by atoms with Crippen molar-refractivity contribution in [3.05, 3.63) is 23.8 Å². The van der Waals surface area contributed by atoms with Gasteiger partial charge >= 0.3 is 0 Å². The molecule has 0 bridgehead atoms. The van der Waals surface area contributed by atoms with Crippen molar-refractivity contribution in [3.8, 4) is 0 Å². The van der Waals surface area contributed by atoms with Gasteiger partial charge in [-0.3, -0.25) is 4.79 Å². The van der Waals surface area contributed by atoms with Crippen LogP contribution in [0.1, 0.15) is 37.0 Å². The molecule has 1 rings (SSSR count). The molecular formula is C15H25N3O2. The van der Waals surface area contributed by atoms with Crippen LogP contribution >= 0.6 is 0 Å². The summed E-state index contributed by atoms with van der Waals surface area (Å²) < 4.78 is 0. The Labute approximate surface area is 120 Å². The molecule has 0 saturated heterocycles. The van der Waals surface area contributed by atoms with Crippen LogP contribution in [0.4, 0.5) is 11.4 Å². The van der Waals surface area contributed by atoms with Gasteiger partial charge in [0.25, 0.3) is 5.91 Å². The van der Waals surface area contributed by atoms with E-state index in [0.717, 1.165) is 25.1 Å². The number of nitrogen functional groups attached to an aromatic ring is 1. The van der Waals surface area contributed by atoms with E-state index in [-0.39, 0.29) is 12.5 Å². The van der Waals surface area contributed by atoms with E-state index >= 15 is 0 Å². The number of aliphatic hydroxyl groups is 1. The van der Waals surface area contributed by atoms with Gasteiger partial charge in [0, 0.05) is 25.3 Å². The molecule has 5 heteroatoms. The van der Waals surface area contributed by atoms with Gasteiger partial charge in [-0.2, -0.15) is 0 Å². The van der Waals surface area contributed by atoms with Crippen LogP contribution in [0.3, 0.4) is 0 Å². The van der Waals surface area contributed by atoms with E-state index in [9.17, 15) is 4.79 Å². The summed E-state index contributed by atoms with van der Waals surface area (Å²) in [5.41, 5.74) is 7.92. The van der Waals surface area contributed by atoms with Gasteiger partial charge in [-0.15, -0.1) is 0 Å². The van der Waals surface area contributed by atoms with Gasteiger partial charge in [0.15, 0.2) is 0 Å². The Hall–Kier alpha value is -1.75. The Kier molecular flexibility index (Phi) is 6.87. The van der Waals surface area contributed by atoms with E-state index in [1.54, 1.807) is 18.2 Å². The van der Waals surface area contributed by atoms with Gasteiger partial charge in [0.1, 0.15) is 0 Å². The molecule has 0 heterocycles. The van der Waals surface area contributed by atoms with E-state index in [1.807, 2.05) is 13.8 Å². The summed E-state index contributed by atoms with van der Waals surface area (Å²) in [5, 5.41) is 15.0. The Morgan fingerprint density at radius 1 is 1.45 bits per heavy atom. The van der Waals surface area contributed by atoms with Gasteiger partial charge in [0.05, 0.1) is 11.4 Å². The topological polar surface area (TPSA) is 87.4 Å². The van der Waals surface area contributed by atoms with Crippen molar-refractivity contribution >= 4 is 17.3 Å². The Bertz CT molecular complexity index is 435. The molecule has 20 heavy (non-hydrogen) atoms. The Morgan fingerprint density at radius 3 is 2.85 bits per heavy atom. The number of nitrogens with two attached hydrogens (primary N) is 1. The zero-order chi connectivity index (χ0) is 15.0. The summed E-state index contributed by atoms with van der Waals surface area (Å²) in [7, 11) is 0. The highest BCUT2D eigenvalue weighted by atomic mass is 16.3. The highest BCUT2D eigenvalue weighted by molar-refractivity contribution is 5.96. The van der Waals surface area contributed by atoms with Gasteiger partial charge < -0.3 is 21.5 Å². The van der Waals surface area contributed by atoms with E-state index in [4.69, 9.17) is 10.8 Å². The number of hydrogen-bond donors (Lipinski definition) is 4. The van der Waals surface area contributed by atoms with Gasteiger partial charge in [-0.25, -0.2) is 0 Å². The smallest absolute Gasteiger partial charge is 0.251 e. The van der Waals surface area contributed by atoms with Crippen molar-refractivity contribution in [3.63, 3.8) is 0 Å². The molecule has 1 amide bonds. The summed E-state index contributed by atoms with van der Waals surface area (Å²) in [6, 6.07) is 5.23. The Morgan fingerprint density at radius 2 is 2.20 bits per heavy atom. The molecule has 0 radical (unpaired) electrons. The molecule has 0 spiro atoms. The monoisotopic (exact) mass is 279 g/mol. The van der Waals surface area contributed by atoms with Crippen LogP contribution in [-0.4, -0.2) is 30.7 Å². The third-order valence-electron chi connectivity index (χ3n) is 3.15. The number of amides is 1. The molecule has 0 fully saturated rings. The lowest BCUT2D eigenvalue weighted by Crippen LogP contribution is -2.22. The largest absolute Gasteiger partial charge is 0.397 e. The zero-order valence-corrected chi connectivity index (χ0v) is 12.3. The second-order valence-corrected chi connectivity index (χ2v) is 5.02. The van der Waals surface area contributed by atoms with Crippen LogP contribution in [0, 0.1) is 5.92 Å². The molecule has 112 valence electrons. The van der Waals surface area contributed by atoms with Gasteiger partial charge in [-0.1, -0.05) is 6.92 Å². The van der Waals surface area contributed by atoms with Gasteiger partial charge in [-0.05, 0) is 43.9 Å². The zero-order valence-electron chi connectivity index (χ0n) is 12.3. The summed E-state index contributed by atoms with van der Waals surface area (Å²) >= 11 is 0. The quantitative estimate of drug-likeness (QED) is 0.432. The first-order valence-electron chi connectivity index (χ1n) is 7.11. The minimum absolute atomic E-state index is 0.0931. The maximum Gasteiger partial charge on any atom is 0.251 e. The molecule has 0 aliphatic rings. The highest BCUT2D eigenvalue weighted by Gasteiger charge is 2.07. The lowest BCUT2D eigenvalue weighted by molar-refractivity contribution is 0.0956. The fraction of sp³-hybridized carbons (Fsp3) is 0.533. The maximum absolute atomic E-state index is 11.8. The third-order valence-corrected chi connectivity index (χ3v) is 3.15.